The summed E-state index contributed by atoms with van der Waals surface area (Å²) < 4.78 is 5.23. The number of amides is 1. The molecule has 0 radical (unpaired) electrons. The van der Waals surface area contributed by atoms with Gasteiger partial charge in [0.25, 0.3) is 0 Å². The molecule has 3 rings (SSSR count). The van der Waals surface area contributed by atoms with Crippen LogP contribution in [0.4, 0.5) is 0 Å². The number of ketones is 1. The lowest BCUT2D eigenvalue weighted by atomic mass is 10.1. The summed E-state index contributed by atoms with van der Waals surface area (Å²) >= 11 is 1.44. The van der Waals surface area contributed by atoms with Crippen molar-refractivity contribution in [3.05, 3.63) is 64.4 Å². The molecule has 0 saturated heterocycles. The largest absolute Gasteiger partial charge is 0.497 e. The molecule has 0 aliphatic rings. The van der Waals surface area contributed by atoms with Crippen molar-refractivity contribution in [1.82, 2.24) is 5.32 Å². The predicted molar refractivity (Wildman–Crippen MR) is 105 cm³/mol. The number of Topliss-reactive ketones (excluding diaryl/α,β-unsaturated/α-hetero) is 1. The molecule has 2 aromatic carbocycles. The Balaban J connectivity index is 1.46. The molecule has 0 spiro atoms. The third-order valence-corrected chi connectivity index (χ3v) is 5.12. The molecule has 0 bridgehead atoms. The van der Waals surface area contributed by atoms with Crippen molar-refractivity contribution in [3.8, 4) is 5.75 Å². The van der Waals surface area contributed by atoms with Gasteiger partial charge in [-0.25, -0.2) is 0 Å². The molecule has 0 aliphatic heterocycles. The average molecular weight is 367 g/mol. The Kier molecular flexibility index (Phi) is 6.02. The quantitative estimate of drug-likeness (QED) is 0.593. The number of carbonyl (C=O) groups is 2. The Hall–Kier alpha value is -2.66. The van der Waals surface area contributed by atoms with Crippen molar-refractivity contribution in [2.75, 3.05) is 7.11 Å². The van der Waals surface area contributed by atoms with Crippen LogP contribution < -0.4 is 10.1 Å². The van der Waals surface area contributed by atoms with Gasteiger partial charge in [0, 0.05) is 19.4 Å². The first kappa shape index (κ1) is 18.1. The fraction of sp³-hybridized carbons (Fsp3) is 0.238. The normalized spacial score (nSPS) is 10.7. The topological polar surface area (TPSA) is 55.4 Å². The minimum atomic E-state index is -0.0289. The second kappa shape index (κ2) is 8.63. The van der Waals surface area contributed by atoms with Crippen molar-refractivity contribution in [2.45, 2.75) is 25.8 Å². The van der Waals surface area contributed by atoms with Crippen LogP contribution in [0.5, 0.6) is 5.75 Å². The Labute approximate surface area is 156 Å². The first-order chi connectivity index (χ1) is 12.7. The van der Waals surface area contributed by atoms with Gasteiger partial charge < -0.3 is 10.1 Å². The summed E-state index contributed by atoms with van der Waals surface area (Å²) in [5.41, 5.74) is 1.05. The van der Waals surface area contributed by atoms with Gasteiger partial charge in [-0.3, -0.25) is 9.59 Å². The highest BCUT2D eigenvalue weighted by atomic mass is 32.1. The monoisotopic (exact) mass is 367 g/mol. The van der Waals surface area contributed by atoms with Crippen LogP contribution in [0.25, 0.3) is 10.8 Å². The SMILES string of the molecule is COc1ccc2cc(CNC(=O)CCCC(=O)c3cccs3)ccc2c1. The molecule has 0 saturated carbocycles. The lowest BCUT2D eigenvalue weighted by Gasteiger charge is -2.07. The molecule has 0 unspecified atom stereocenters. The van der Waals surface area contributed by atoms with Crippen LogP contribution in [0.15, 0.2) is 53.9 Å². The van der Waals surface area contributed by atoms with E-state index in [1.165, 1.54) is 11.3 Å². The molecule has 1 heterocycles. The summed E-state index contributed by atoms with van der Waals surface area (Å²) in [5.74, 6) is 0.909. The van der Waals surface area contributed by atoms with Gasteiger partial charge in [-0.1, -0.05) is 24.3 Å². The second-order valence-corrected chi connectivity index (χ2v) is 7.03. The van der Waals surface area contributed by atoms with Crippen LogP contribution in [0.3, 0.4) is 0 Å². The molecule has 0 fully saturated rings. The summed E-state index contributed by atoms with van der Waals surface area (Å²) in [7, 11) is 1.65. The van der Waals surface area contributed by atoms with Gasteiger partial charge in [0.05, 0.1) is 12.0 Å². The van der Waals surface area contributed by atoms with Crippen molar-refractivity contribution in [1.29, 1.82) is 0 Å². The zero-order chi connectivity index (χ0) is 18.4. The average Bonchev–Trinajstić information content (AvgIpc) is 3.20. The van der Waals surface area contributed by atoms with Crippen LogP contribution in [0.2, 0.25) is 0 Å². The molecule has 4 nitrogen and oxygen atoms in total. The van der Waals surface area contributed by atoms with E-state index in [0.29, 0.717) is 25.8 Å². The molecule has 1 amide bonds. The summed E-state index contributed by atoms with van der Waals surface area (Å²) in [5, 5.41) is 7.02. The van der Waals surface area contributed by atoms with Gasteiger partial charge in [0.15, 0.2) is 5.78 Å². The smallest absolute Gasteiger partial charge is 0.220 e. The minimum absolute atomic E-state index is 0.0289. The number of carbonyl (C=O) groups excluding carboxylic acids is 2. The highest BCUT2D eigenvalue weighted by molar-refractivity contribution is 7.12. The van der Waals surface area contributed by atoms with Crippen molar-refractivity contribution < 1.29 is 14.3 Å². The molecule has 0 aliphatic carbocycles. The van der Waals surface area contributed by atoms with Crippen LogP contribution in [-0.4, -0.2) is 18.8 Å². The third-order valence-electron chi connectivity index (χ3n) is 4.21. The van der Waals surface area contributed by atoms with E-state index in [1.54, 1.807) is 7.11 Å². The van der Waals surface area contributed by atoms with Crippen LogP contribution in [0.1, 0.15) is 34.5 Å². The van der Waals surface area contributed by atoms with E-state index in [9.17, 15) is 9.59 Å². The maximum atomic E-state index is 12.0. The summed E-state index contributed by atoms with van der Waals surface area (Å²) in [6.45, 7) is 0.486. The number of hydrogen-bond donors (Lipinski definition) is 1. The van der Waals surface area contributed by atoms with Gasteiger partial charge in [0.1, 0.15) is 5.75 Å². The Morgan fingerprint density at radius 1 is 1.04 bits per heavy atom. The molecule has 5 heteroatoms. The van der Waals surface area contributed by atoms with Gasteiger partial charge in [0.2, 0.25) is 5.91 Å². The number of nitrogens with one attached hydrogen (secondary N) is 1. The van der Waals surface area contributed by atoms with Gasteiger partial charge >= 0.3 is 0 Å². The first-order valence-electron chi connectivity index (χ1n) is 8.56. The van der Waals surface area contributed by atoms with Crippen molar-refractivity contribution in [2.24, 2.45) is 0 Å². The van der Waals surface area contributed by atoms with Gasteiger partial charge in [-0.15, -0.1) is 11.3 Å². The lowest BCUT2D eigenvalue weighted by Crippen LogP contribution is -2.22. The maximum Gasteiger partial charge on any atom is 0.220 e. The molecular weight excluding hydrogens is 346 g/mol. The highest BCUT2D eigenvalue weighted by Gasteiger charge is 2.08. The van der Waals surface area contributed by atoms with E-state index < -0.39 is 0 Å². The fourth-order valence-electron chi connectivity index (χ4n) is 2.77. The molecular formula is C21H21NO3S. The van der Waals surface area contributed by atoms with Crippen LogP contribution in [0, 0.1) is 0 Å². The lowest BCUT2D eigenvalue weighted by molar-refractivity contribution is -0.121. The van der Waals surface area contributed by atoms with E-state index in [1.807, 2.05) is 47.8 Å². The van der Waals surface area contributed by atoms with E-state index in [0.717, 1.165) is 27.0 Å². The number of rotatable bonds is 8. The Morgan fingerprint density at radius 2 is 1.85 bits per heavy atom. The van der Waals surface area contributed by atoms with Crippen LogP contribution >= 0.6 is 11.3 Å². The number of fused-ring (bicyclic) bond motifs is 1. The first-order valence-corrected chi connectivity index (χ1v) is 9.44. The van der Waals surface area contributed by atoms with E-state index >= 15 is 0 Å². The number of thiophene rings is 1. The minimum Gasteiger partial charge on any atom is -0.497 e. The Bertz CT molecular complexity index is 903. The summed E-state index contributed by atoms with van der Waals surface area (Å²) in [4.78, 5) is 24.7. The third kappa shape index (κ3) is 4.70. The van der Waals surface area contributed by atoms with E-state index in [2.05, 4.69) is 11.4 Å². The number of benzene rings is 2. The van der Waals surface area contributed by atoms with Crippen LogP contribution in [-0.2, 0) is 11.3 Å². The summed E-state index contributed by atoms with van der Waals surface area (Å²) in [6.07, 6.45) is 1.34. The highest BCUT2D eigenvalue weighted by Crippen LogP contribution is 2.21. The molecule has 3 aromatic rings. The zero-order valence-corrected chi connectivity index (χ0v) is 15.5. The predicted octanol–water partition coefficient (Wildman–Crippen LogP) is 4.58. The fourth-order valence-corrected chi connectivity index (χ4v) is 3.46. The Morgan fingerprint density at radius 3 is 2.62 bits per heavy atom. The van der Waals surface area contributed by atoms with E-state index in [4.69, 9.17) is 4.74 Å². The number of ether oxygens (including phenoxy) is 1. The maximum absolute atomic E-state index is 12.0. The molecule has 1 aromatic heterocycles. The molecule has 26 heavy (non-hydrogen) atoms. The van der Waals surface area contributed by atoms with Crippen molar-refractivity contribution >= 4 is 33.8 Å². The number of hydrogen-bond acceptors (Lipinski definition) is 4. The zero-order valence-electron chi connectivity index (χ0n) is 14.7. The van der Waals surface area contributed by atoms with E-state index in [-0.39, 0.29) is 11.7 Å². The van der Waals surface area contributed by atoms with Gasteiger partial charge in [-0.05, 0) is 52.4 Å². The molecule has 1 N–H and O–H groups in total. The second-order valence-electron chi connectivity index (χ2n) is 6.08. The standard InChI is InChI=1S/C21H21NO3S/c1-25-18-10-9-16-12-15(7-8-17(16)13-18)14-22-21(24)6-2-4-19(23)20-5-3-11-26-20/h3,5,7-13H,2,4,6,14H2,1H3,(H,22,24). The summed E-state index contributed by atoms with van der Waals surface area (Å²) in [6, 6.07) is 15.7. The molecule has 134 valence electrons. The van der Waals surface area contributed by atoms with Gasteiger partial charge in [-0.2, -0.15) is 0 Å². The number of methoxy groups -OCH3 is 1. The molecule has 0 atom stereocenters. The van der Waals surface area contributed by atoms with Crippen molar-refractivity contribution in [3.63, 3.8) is 0 Å².